The summed E-state index contributed by atoms with van der Waals surface area (Å²) in [5, 5.41) is 17.0. The van der Waals surface area contributed by atoms with Crippen LogP contribution < -0.4 is 24.4 Å². The van der Waals surface area contributed by atoms with Gasteiger partial charge in [0.1, 0.15) is 33.3 Å². The van der Waals surface area contributed by atoms with Crippen LogP contribution in [0, 0.1) is 16.6 Å². The molecule has 3 aromatic carbocycles. The van der Waals surface area contributed by atoms with Gasteiger partial charge in [0.15, 0.2) is 5.75 Å². The van der Waals surface area contributed by atoms with Crippen molar-refractivity contribution < 1.29 is 32.2 Å². The lowest BCUT2D eigenvalue weighted by Crippen LogP contribution is -2.43. The van der Waals surface area contributed by atoms with Gasteiger partial charge >= 0.3 is 0 Å². The number of sulfonamides is 1. The third kappa shape index (κ3) is 10.1. The summed E-state index contributed by atoms with van der Waals surface area (Å²) in [4.78, 5) is 45.7. The Morgan fingerprint density at radius 1 is 1.00 bits per heavy atom. The largest absolute Gasteiger partial charge is 0.475 e. The number of pyridine rings is 1. The maximum atomic E-state index is 15.0. The fourth-order valence-corrected chi connectivity index (χ4v) is 11.9. The van der Waals surface area contributed by atoms with Gasteiger partial charge in [-0.3, -0.25) is 9.69 Å². The third-order valence-corrected chi connectivity index (χ3v) is 15.7. The number of rotatable bonds is 15. The number of halogens is 1. The highest BCUT2D eigenvalue weighted by Crippen LogP contribution is 2.43. The lowest BCUT2D eigenvalue weighted by atomic mass is 9.80. The van der Waals surface area contributed by atoms with Gasteiger partial charge in [0.2, 0.25) is 0 Å². The SMILES string of the molecule is CCOc1nc2[nH]cc(F)c2cc1Oc1cc(N2CCCN([C@H]3CCC[C@H]3c3ccccc3C(C)C)CCC2)ccc1C(=O)NS(=O)(=O)c1cc(N=O)c(NC[C@H]2CC[C@](C)(O)CC2)c2[nH]cnc12. The first-order valence-electron chi connectivity index (χ1n) is 24.3. The van der Waals surface area contributed by atoms with Crippen LogP contribution in [0.2, 0.25) is 0 Å². The summed E-state index contributed by atoms with van der Waals surface area (Å²) < 4.78 is 58.0. The Morgan fingerprint density at radius 2 is 1.77 bits per heavy atom. The summed E-state index contributed by atoms with van der Waals surface area (Å²) in [6, 6.07) is 16.9. The van der Waals surface area contributed by atoms with Crippen molar-refractivity contribution >= 4 is 55.1 Å². The number of aromatic amines is 2. The normalized spacial score (nSPS) is 21.6. The van der Waals surface area contributed by atoms with E-state index in [0.717, 1.165) is 63.6 Å². The lowest BCUT2D eigenvalue weighted by molar-refractivity contribution is 0.00976. The smallest absolute Gasteiger partial charge is 0.268 e. The average Bonchev–Trinajstić information content (AvgIpc) is 4.09. The lowest BCUT2D eigenvalue weighted by Gasteiger charge is -2.38. The van der Waals surface area contributed by atoms with E-state index < -0.39 is 32.2 Å². The average molecular weight is 964 g/mol. The molecule has 2 aliphatic carbocycles. The number of anilines is 2. The summed E-state index contributed by atoms with van der Waals surface area (Å²) in [6.07, 6.45) is 10.7. The molecule has 3 aliphatic rings. The summed E-state index contributed by atoms with van der Waals surface area (Å²) >= 11 is 0. The number of nitroso groups, excluding NO2 is 1. The highest BCUT2D eigenvalue weighted by Gasteiger charge is 2.36. The van der Waals surface area contributed by atoms with Crippen LogP contribution in [-0.2, 0) is 10.0 Å². The second kappa shape index (κ2) is 20.1. The number of carbonyl (C=O) groups is 1. The van der Waals surface area contributed by atoms with Crippen LogP contribution >= 0.6 is 0 Å². The minimum Gasteiger partial charge on any atom is -0.475 e. The topological polar surface area (TPSA) is 207 Å². The Balaban J connectivity index is 0.985. The summed E-state index contributed by atoms with van der Waals surface area (Å²) in [5.41, 5.74) is 3.39. The Bertz CT molecular complexity index is 2940. The molecule has 5 N–H and O–H groups in total. The molecule has 69 heavy (non-hydrogen) atoms. The first-order chi connectivity index (χ1) is 33.2. The number of nitrogens with one attached hydrogen (secondary N) is 4. The van der Waals surface area contributed by atoms with Crippen LogP contribution in [0.1, 0.15) is 119 Å². The molecule has 0 radical (unpaired) electrons. The molecule has 16 nitrogen and oxygen atoms in total. The van der Waals surface area contributed by atoms with Crippen LogP contribution in [-0.4, -0.2) is 95.2 Å². The molecule has 366 valence electrons. The van der Waals surface area contributed by atoms with Gasteiger partial charge in [-0.2, -0.15) is 4.98 Å². The van der Waals surface area contributed by atoms with Crippen LogP contribution in [0.15, 0.2) is 77.2 Å². The number of aliphatic hydroxyl groups is 1. The maximum absolute atomic E-state index is 15.0. The van der Waals surface area contributed by atoms with Crippen LogP contribution in [0.25, 0.3) is 22.1 Å². The molecule has 2 saturated carbocycles. The number of hydrogen-bond acceptors (Lipinski definition) is 13. The second-order valence-corrected chi connectivity index (χ2v) is 21.1. The van der Waals surface area contributed by atoms with Crippen molar-refractivity contribution in [2.45, 2.75) is 114 Å². The van der Waals surface area contributed by atoms with Gasteiger partial charge in [-0.25, -0.2) is 22.5 Å². The third-order valence-electron chi connectivity index (χ3n) is 14.3. The molecule has 1 saturated heterocycles. The van der Waals surface area contributed by atoms with Crippen molar-refractivity contribution in [2.24, 2.45) is 11.1 Å². The molecule has 6 aromatic rings. The predicted octanol–water partition coefficient (Wildman–Crippen LogP) is 10.0. The molecule has 1 amide bonds. The monoisotopic (exact) mass is 963 g/mol. The number of aromatic nitrogens is 4. The van der Waals surface area contributed by atoms with E-state index in [-0.39, 0.29) is 68.9 Å². The van der Waals surface area contributed by atoms with Crippen molar-refractivity contribution in [3.8, 4) is 17.4 Å². The van der Waals surface area contributed by atoms with Gasteiger partial charge in [0, 0.05) is 62.8 Å². The number of benzene rings is 3. The molecule has 0 unspecified atom stereocenters. The first kappa shape index (κ1) is 47.9. The molecule has 1 aliphatic heterocycles. The van der Waals surface area contributed by atoms with Gasteiger partial charge in [-0.05, 0) is 117 Å². The Kier molecular flexibility index (Phi) is 14.0. The van der Waals surface area contributed by atoms with E-state index in [9.17, 15) is 27.6 Å². The van der Waals surface area contributed by atoms with Crippen LogP contribution in [0.4, 0.5) is 21.5 Å². The van der Waals surface area contributed by atoms with Crippen molar-refractivity contribution in [1.29, 1.82) is 0 Å². The van der Waals surface area contributed by atoms with Crippen molar-refractivity contribution in [3.63, 3.8) is 0 Å². The number of nitrogens with zero attached hydrogens (tertiary/aromatic N) is 5. The first-order valence-corrected chi connectivity index (χ1v) is 25.8. The van der Waals surface area contributed by atoms with Crippen LogP contribution in [0.3, 0.4) is 0 Å². The van der Waals surface area contributed by atoms with E-state index in [4.69, 9.17) is 9.47 Å². The van der Waals surface area contributed by atoms with E-state index in [1.165, 1.54) is 55.0 Å². The Labute approximate surface area is 401 Å². The van der Waals surface area contributed by atoms with Gasteiger partial charge < -0.3 is 34.8 Å². The second-order valence-electron chi connectivity index (χ2n) is 19.4. The van der Waals surface area contributed by atoms with Gasteiger partial charge in [0.25, 0.3) is 21.8 Å². The summed E-state index contributed by atoms with van der Waals surface area (Å²) in [5.74, 6) is -0.370. The predicted molar refractivity (Wildman–Crippen MR) is 265 cm³/mol. The number of amides is 1. The zero-order valence-corrected chi connectivity index (χ0v) is 40.5. The minimum atomic E-state index is -4.71. The standard InChI is InChI=1S/C51H62FN9O7S/c1-5-67-50-43(26-38-39(52)29-54-48(38)57-50)68-42-25-33(60-21-9-23-61(24-10-22-60)41-14-8-13-36(41)35-12-7-6-11-34(35)31(2)3)15-16-37(42)49(62)59-69(65,66)44-27-40(58-64)45(47-46(44)55-30-56-47)53-28-32-17-19-51(4,63)20-18-32/h6-7,11-12,15-16,25-27,29-32,36,41,53,63H,5,8-10,13-14,17-24,28H2,1-4H3,(H,54,57)(H,55,56)(H,59,62)/t32-,36-,41-,51-/m0/s1. The van der Waals surface area contributed by atoms with E-state index in [2.05, 4.69) is 83.1 Å². The zero-order valence-electron chi connectivity index (χ0n) is 39.7. The minimum absolute atomic E-state index is 0.00247. The highest BCUT2D eigenvalue weighted by molar-refractivity contribution is 7.90. The summed E-state index contributed by atoms with van der Waals surface area (Å²) in [7, 11) is -4.71. The molecule has 4 heterocycles. The molecular weight excluding hydrogens is 902 g/mol. The maximum Gasteiger partial charge on any atom is 0.268 e. The van der Waals surface area contributed by atoms with Crippen LogP contribution in [0.5, 0.6) is 17.4 Å². The van der Waals surface area contributed by atoms with Crippen molar-refractivity contribution in [2.75, 3.05) is 49.5 Å². The molecule has 3 fully saturated rings. The quantitative estimate of drug-likeness (QED) is 0.0610. The van der Waals surface area contributed by atoms with E-state index in [0.29, 0.717) is 37.3 Å². The van der Waals surface area contributed by atoms with Gasteiger partial charge in [0.05, 0.1) is 40.7 Å². The van der Waals surface area contributed by atoms with Gasteiger partial charge in [-0.1, -0.05) is 44.5 Å². The zero-order chi connectivity index (χ0) is 48.5. The number of fused-ring (bicyclic) bond motifs is 2. The molecule has 0 bridgehead atoms. The van der Waals surface area contributed by atoms with Crippen molar-refractivity contribution in [3.05, 3.63) is 94.5 Å². The fourth-order valence-electron chi connectivity index (χ4n) is 10.8. The van der Waals surface area contributed by atoms with E-state index in [1.54, 1.807) is 19.1 Å². The fraction of sp³-hybridized carbons (Fsp3) is 0.471. The van der Waals surface area contributed by atoms with Crippen molar-refractivity contribution in [1.82, 2.24) is 29.6 Å². The van der Waals surface area contributed by atoms with E-state index >= 15 is 0 Å². The number of H-pyrrole nitrogens is 2. The Morgan fingerprint density at radius 3 is 2.51 bits per heavy atom. The summed E-state index contributed by atoms with van der Waals surface area (Å²) in [6.45, 7) is 12.1. The number of hydrogen-bond donors (Lipinski definition) is 5. The molecule has 3 aromatic heterocycles. The number of imidazole rings is 1. The molecular formula is C51H62FN9O7S. The number of carbonyl (C=O) groups excluding carboxylic acids is 1. The molecule has 0 spiro atoms. The highest BCUT2D eigenvalue weighted by atomic mass is 32.2. The Hall–Kier alpha value is -6.11. The van der Waals surface area contributed by atoms with E-state index in [1.807, 2.05) is 6.92 Å². The molecule has 9 rings (SSSR count). The number of ether oxygens (including phenoxy) is 2. The van der Waals surface area contributed by atoms with Gasteiger partial charge in [-0.15, -0.1) is 4.91 Å². The molecule has 2 atom stereocenters. The molecule has 18 heteroatoms.